The van der Waals surface area contributed by atoms with Crippen molar-refractivity contribution in [2.75, 3.05) is 37.7 Å². The van der Waals surface area contributed by atoms with Crippen molar-refractivity contribution in [2.24, 2.45) is 0 Å². The number of rotatable bonds is 4. The number of aryl methyl sites for hydroxylation is 1. The molecule has 0 aromatic carbocycles. The predicted octanol–water partition coefficient (Wildman–Crippen LogP) is 2.72. The maximum atomic E-state index is 14.4. The van der Waals surface area contributed by atoms with E-state index in [-0.39, 0.29) is 11.5 Å². The van der Waals surface area contributed by atoms with Crippen LogP contribution in [-0.2, 0) is 29.8 Å². The SMILES string of the molecule is C[C@@]1(O)CCCN(c2nc(OC[C@@]34CCCN3C[C@H](F)C4)nc3c2COC2(CCCc4ccc[n+]([O-])c42)C3)C1. The first-order valence-electron chi connectivity index (χ1n) is 14.5. The fraction of sp³-hybridized carbons (Fsp3) is 0.690. The molecular formula is C29H38FN5O4. The number of alkyl halides is 1. The minimum atomic E-state index is -0.827. The summed E-state index contributed by atoms with van der Waals surface area (Å²) in [5.74, 6) is 0.736. The Labute approximate surface area is 228 Å². The van der Waals surface area contributed by atoms with E-state index in [1.807, 2.05) is 13.0 Å². The Balaban J connectivity index is 1.26. The van der Waals surface area contributed by atoms with Crippen molar-refractivity contribution in [3.8, 4) is 6.01 Å². The molecule has 0 bridgehead atoms. The number of ether oxygens (including phenoxy) is 2. The van der Waals surface area contributed by atoms with Gasteiger partial charge in [-0.15, -0.1) is 0 Å². The highest BCUT2D eigenvalue weighted by atomic mass is 19.1. The van der Waals surface area contributed by atoms with Crippen LogP contribution in [0.2, 0.25) is 0 Å². The molecule has 3 fully saturated rings. The Hall–Kier alpha value is -2.56. The molecule has 4 atom stereocenters. The molecule has 1 spiro atoms. The number of nitrogens with zero attached hydrogens (tertiary/aromatic N) is 5. The first kappa shape index (κ1) is 25.4. The average molecular weight is 540 g/mol. The summed E-state index contributed by atoms with van der Waals surface area (Å²) < 4.78 is 28.3. The number of hydrogen-bond donors (Lipinski definition) is 1. The second kappa shape index (κ2) is 9.24. The van der Waals surface area contributed by atoms with E-state index < -0.39 is 17.4 Å². The van der Waals surface area contributed by atoms with Crippen molar-refractivity contribution in [1.29, 1.82) is 0 Å². The fourth-order valence-electron chi connectivity index (χ4n) is 7.92. The molecule has 6 heterocycles. The van der Waals surface area contributed by atoms with Gasteiger partial charge in [-0.05, 0) is 64.5 Å². The van der Waals surface area contributed by atoms with Gasteiger partial charge in [-0.1, -0.05) is 0 Å². The molecule has 0 radical (unpaired) electrons. The standard InChI is InChI=1S/C29H38FN5O4/c1-27(36)8-4-11-33(18-27)25-22-17-39-29(10-2-6-20-7-3-13-35(37)24(20)29)15-23(22)31-26(32-25)38-19-28-9-5-12-34(28)16-21(30)14-28/h3,7,13,21,36H,2,4-6,8-12,14-19H2,1H3/t21-,27-,28+,29?/m1/s1. The van der Waals surface area contributed by atoms with Crippen molar-refractivity contribution in [2.45, 2.75) is 94.2 Å². The van der Waals surface area contributed by atoms with Crippen LogP contribution in [0.15, 0.2) is 18.3 Å². The third-order valence-corrected chi connectivity index (χ3v) is 9.70. The Kier molecular flexibility index (Phi) is 6.02. The van der Waals surface area contributed by atoms with Gasteiger partial charge < -0.3 is 24.7 Å². The van der Waals surface area contributed by atoms with Crippen LogP contribution in [0.1, 0.15) is 74.4 Å². The number of piperidine rings is 1. The van der Waals surface area contributed by atoms with Crippen LogP contribution in [0.3, 0.4) is 0 Å². The van der Waals surface area contributed by atoms with Crippen molar-refractivity contribution in [3.63, 3.8) is 0 Å². The van der Waals surface area contributed by atoms with Gasteiger partial charge in [0.15, 0.2) is 11.8 Å². The van der Waals surface area contributed by atoms with E-state index in [2.05, 4.69) is 9.80 Å². The van der Waals surface area contributed by atoms with Gasteiger partial charge in [0.05, 0.1) is 23.4 Å². The summed E-state index contributed by atoms with van der Waals surface area (Å²) in [6.07, 6.45) is 7.76. The Bertz CT molecular complexity index is 1280. The van der Waals surface area contributed by atoms with Crippen LogP contribution in [0.5, 0.6) is 6.01 Å². The summed E-state index contributed by atoms with van der Waals surface area (Å²) in [5, 5.41) is 23.9. The first-order chi connectivity index (χ1) is 18.8. The van der Waals surface area contributed by atoms with Crippen molar-refractivity contribution in [1.82, 2.24) is 14.9 Å². The molecule has 10 heteroatoms. The summed E-state index contributed by atoms with van der Waals surface area (Å²) >= 11 is 0. The Morgan fingerprint density at radius 2 is 2.10 bits per heavy atom. The minimum Gasteiger partial charge on any atom is -0.618 e. The second-order valence-corrected chi connectivity index (χ2v) is 12.7. The first-order valence-corrected chi connectivity index (χ1v) is 14.5. The number of hydrogen-bond acceptors (Lipinski definition) is 8. The molecule has 0 amide bonds. The summed E-state index contributed by atoms with van der Waals surface area (Å²) in [6, 6.07) is 4.10. The van der Waals surface area contributed by atoms with Gasteiger partial charge in [-0.3, -0.25) is 4.90 Å². The van der Waals surface area contributed by atoms with Gasteiger partial charge >= 0.3 is 6.01 Å². The van der Waals surface area contributed by atoms with Gasteiger partial charge in [0.1, 0.15) is 18.6 Å². The Morgan fingerprint density at radius 1 is 1.23 bits per heavy atom. The summed E-state index contributed by atoms with van der Waals surface area (Å²) in [7, 11) is 0. The van der Waals surface area contributed by atoms with Gasteiger partial charge in [-0.2, -0.15) is 14.7 Å². The number of fused-ring (bicyclic) bond motifs is 4. The van der Waals surface area contributed by atoms with Crippen LogP contribution in [0, 0.1) is 5.21 Å². The molecule has 210 valence electrons. The van der Waals surface area contributed by atoms with E-state index in [0.29, 0.717) is 44.8 Å². The van der Waals surface area contributed by atoms with Crippen LogP contribution >= 0.6 is 0 Å². The molecule has 2 aromatic rings. The summed E-state index contributed by atoms with van der Waals surface area (Å²) in [5.41, 5.74) is 1.60. The molecule has 9 nitrogen and oxygen atoms in total. The number of β-amino-alcohol motifs (C(OH)–C–C–N with tert-alkyl or cyclic N) is 1. The number of halogens is 1. The quantitative estimate of drug-likeness (QED) is 0.468. The third-order valence-electron chi connectivity index (χ3n) is 9.70. The van der Waals surface area contributed by atoms with Gasteiger partial charge in [0, 0.05) is 49.7 Å². The molecule has 3 saturated heterocycles. The van der Waals surface area contributed by atoms with Crippen LogP contribution in [0.25, 0.3) is 0 Å². The molecule has 1 N–H and O–H groups in total. The Morgan fingerprint density at radius 3 is 2.97 bits per heavy atom. The van der Waals surface area contributed by atoms with Crippen molar-refractivity contribution >= 4 is 5.82 Å². The zero-order valence-corrected chi connectivity index (χ0v) is 22.7. The number of pyridine rings is 1. The third kappa shape index (κ3) is 4.35. The minimum absolute atomic E-state index is 0.286. The van der Waals surface area contributed by atoms with Gasteiger partial charge in [0.2, 0.25) is 5.69 Å². The van der Waals surface area contributed by atoms with Crippen LogP contribution < -0.4 is 14.4 Å². The predicted molar refractivity (Wildman–Crippen MR) is 141 cm³/mol. The lowest BCUT2D eigenvalue weighted by Crippen LogP contribution is -2.50. The highest BCUT2D eigenvalue weighted by Crippen LogP contribution is 2.45. The molecule has 39 heavy (non-hydrogen) atoms. The van der Waals surface area contributed by atoms with Gasteiger partial charge in [-0.25, -0.2) is 4.39 Å². The van der Waals surface area contributed by atoms with Crippen LogP contribution in [0.4, 0.5) is 10.2 Å². The largest absolute Gasteiger partial charge is 0.618 e. The molecule has 4 aliphatic heterocycles. The van der Waals surface area contributed by atoms with Crippen molar-refractivity contribution < 1.29 is 23.7 Å². The maximum Gasteiger partial charge on any atom is 0.318 e. The fourth-order valence-corrected chi connectivity index (χ4v) is 7.92. The number of aliphatic hydroxyl groups is 1. The van der Waals surface area contributed by atoms with Crippen LogP contribution in [-0.4, -0.2) is 70.1 Å². The summed E-state index contributed by atoms with van der Waals surface area (Å²) in [4.78, 5) is 14.2. The average Bonchev–Trinajstić information content (AvgIpc) is 3.42. The number of aromatic nitrogens is 3. The van der Waals surface area contributed by atoms with E-state index in [9.17, 15) is 14.7 Å². The molecule has 5 aliphatic rings. The molecule has 7 rings (SSSR count). The topological polar surface area (TPSA) is 97.9 Å². The highest BCUT2D eigenvalue weighted by molar-refractivity contribution is 5.52. The van der Waals surface area contributed by atoms with E-state index in [0.717, 1.165) is 85.4 Å². The molecular weight excluding hydrogens is 501 g/mol. The molecule has 1 unspecified atom stereocenters. The normalized spacial score (nSPS) is 34.1. The smallest absolute Gasteiger partial charge is 0.318 e. The highest BCUT2D eigenvalue weighted by Gasteiger charge is 2.51. The molecule has 1 aliphatic carbocycles. The lowest BCUT2D eigenvalue weighted by molar-refractivity contribution is -0.625. The lowest BCUT2D eigenvalue weighted by Gasteiger charge is -2.42. The number of anilines is 1. The van der Waals surface area contributed by atoms with E-state index in [4.69, 9.17) is 19.4 Å². The second-order valence-electron chi connectivity index (χ2n) is 12.7. The zero-order chi connectivity index (χ0) is 26.8. The van der Waals surface area contributed by atoms with Gasteiger partial charge in [0.25, 0.3) is 0 Å². The van der Waals surface area contributed by atoms with Crippen molar-refractivity contribution in [3.05, 3.63) is 46.1 Å². The molecule has 0 saturated carbocycles. The van der Waals surface area contributed by atoms with E-state index in [1.54, 1.807) is 12.3 Å². The van der Waals surface area contributed by atoms with E-state index in [1.165, 1.54) is 0 Å². The maximum absolute atomic E-state index is 14.4. The monoisotopic (exact) mass is 539 g/mol. The lowest BCUT2D eigenvalue weighted by atomic mass is 9.77. The van der Waals surface area contributed by atoms with E-state index >= 15 is 0 Å². The molecule has 2 aromatic heterocycles. The summed E-state index contributed by atoms with van der Waals surface area (Å²) in [6.45, 7) is 5.12. The zero-order valence-electron chi connectivity index (χ0n) is 22.7.